The van der Waals surface area contributed by atoms with Gasteiger partial charge in [0.05, 0.1) is 23.7 Å². The molecule has 270 valence electrons. The third-order valence-electron chi connectivity index (χ3n) is 9.80. The van der Waals surface area contributed by atoms with Gasteiger partial charge in [-0.3, -0.25) is 19.2 Å². The van der Waals surface area contributed by atoms with Crippen LogP contribution in [0.4, 0.5) is 0 Å². The van der Waals surface area contributed by atoms with E-state index in [0.717, 1.165) is 22.3 Å². The number of hydrogen-bond donors (Lipinski definition) is 2. The predicted octanol–water partition coefficient (Wildman–Crippen LogP) is 7.89. The molecule has 1 saturated carbocycles. The molecule has 1 aliphatic rings. The van der Waals surface area contributed by atoms with Crippen molar-refractivity contribution in [3.8, 4) is 11.1 Å². The molecule has 0 radical (unpaired) electrons. The van der Waals surface area contributed by atoms with Crippen molar-refractivity contribution < 1.29 is 33.8 Å². The molecule has 1 amide bonds. The quantitative estimate of drug-likeness (QED) is 0.105. The third kappa shape index (κ3) is 9.39. The second-order valence-corrected chi connectivity index (χ2v) is 13.7. The molecule has 1 aliphatic carbocycles. The van der Waals surface area contributed by atoms with Crippen molar-refractivity contribution >= 4 is 35.4 Å². The van der Waals surface area contributed by atoms with Gasteiger partial charge in [-0.15, -0.1) is 0 Å². The zero-order chi connectivity index (χ0) is 37.2. The summed E-state index contributed by atoms with van der Waals surface area (Å²) in [6, 6.07) is 43.9. The molecule has 1 fully saturated rings. The standard InChI is InChI=1S/C44H40ClNO7/c45-36-22-16-29(17-23-36)26-35(34-20-18-33(19-21-34)32-14-8-3-9-15-32)24-25-46-41(47)37-38(42(48)49)40(44(51)53-28-31-12-6-2-7-13-31)39(37)43(50)52-27-30-10-4-1-5-11-30/h1-23,35,37-40H,24-28H2,(H,46,47)(H,48,49)/t35-,37-,38-,39-,40-/m0/s1. The number of aliphatic carboxylic acids is 1. The number of halogens is 1. The lowest BCUT2D eigenvalue weighted by atomic mass is 9.56. The van der Waals surface area contributed by atoms with Gasteiger partial charge in [-0.05, 0) is 64.3 Å². The van der Waals surface area contributed by atoms with Crippen molar-refractivity contribution in [2.24, 2.45) is 23.7 Å². The van der Waals surface area contributed by atoms with Crippen LogP contribution in [0.5, 0.6) is 0 Å². The lowest BCUT2D eigenvalue weighted by Crippen LogP contribution is -2.62. The third-order valence-corrected chi connectivity index (χ3v) is 10.1. The highest BCUT2D eigenvalue weighted by Crippen LogP contribution is 2.48. The normalized spacial score (nSPS) is 18.2. The number of nitrogens with one attached hydrogen (secondary N) is 1. The molecule has 0 bridgehead atoms. The van der Waals surface area contributed by atoms with Crippen LogP contribution in [-0.2, 0) is 48.3 Å². The average Bonchev–Trinajstić information content (AvgIpc) is 3.17. The Balaban J connectivity index is 1.18. The van der Waals surface area contributed by atoms with Crippen molar-refractivity contribution in [1.82, 2.24) is 5.32 Å². The maximum atomic E-state index is 13.8. The van der Waals surface area contributed by atoms with Crippen LogP contribution < -0.4 is 5.32 Å². The van der Waals surface area contributed by atoms with Crippen LogP contribution in [0.15, 0.2) is 140 Å². The van der Waals surface area contributed by atoms with Gasteiger partial charge in [-0.1, -0.05) is 139 Å². The maximum Gasteiger partial charge on any atom is 0.311 e. The Kier molecular flexibility index (Phi) is 12.3. The highest BCUT2D eigenvalue weighted by Gasteiger charge is 2.64. The molecule has 53 heavy (non-hydrogen) atoms. The van der Waals surface area contributed by atoms with Crippen LogP contribution in [0.1, 0.15) is 34.6 Å². The minimum absolute atomic E-state index is 0.00897. The molecular formula is C44H40ClNO7. The summed E-state index contributed by atoms with van der Waals surface area (Å²) in [6.07, 6.45) is 1.19. The summed E-state index contributed by atoms with van der Waals surface area (Å²) in [7, 11) is 0. The van der Waals surface area contributed by atoms with Crippen molar-refractivity contribution in [3.63, 3.8) is 0 Å². The van der Waals surface area contributed by atoms with E-state index in [0.29, 0.717) is 29.0 Å². The topological polar surface area (TPSA) is 119 Å². The smallest absolute Gasteiger partial charge is 0.311 e. The number of carboxylic acids is 1. The van der Waals surface area contributed by atoms with E-state index in [4.69, 9.17) is 21.1 Å². The molecule has 0 spiro atoms. The van der Waals surface area contributed by atoms with Gasteiger partial charge < -0.3 is 19.9 Å². The van der Waals surface area contributed by atoms with Crippen molar-refractivity contribution in [1.29, 1.82) is 0 Å². The highest BCUT2D eigenvalue weighted by molar-refractivity contribution is 6.30. The largest absolute Gasteiger partial charge is 0.481 e. The van der Waals surface area contributed by atoms with Gasteiger partial charge >= 0.3 is 17.9 Å². The van der Waals surface area contributed by atoms with E-state index >= 15 is 0 Å². The summed E-state index contributed by atoms with van der Waals surface area (Å²) in [5, 5.41) is 13.8. The second kappa shape index (κ2) is 17.7. The summed E-state index contributed by atoms with van der Waals surface area (Å²) in [4.78, 5) is 53.4. The van der Waals surface area contributed by atoms with Crippen LogP contribution in [0.25, 0.3) is 11.1 Å². The number of hydrogen-bond acceptors (Lipinski definition) is 6. The van der Waals surface area contributed by atoms with Crippen LogP contribution in [0.3, 0.4) is 0 Å². The first-order valence-electron chi connectivity index (χ1n) is 17.6. The van der Waals surface area contributed by atoms with Gasteiger partial charge in [0.1, 0.15) is 13.2 Å². The first-order valence-corrected chi connectivity index (χ1v) is 18.0. The number of carbonyl (C=O) groups is 4. The molecule has 0 heterocycles. The number of ether oxygens (including phenoxy) is 2. The molecule has 5 aromatic rings. The zero-order valence-corrected chi connectivity index (χ0v) is 29.7. The van der Waals surface area contributed by atoms with E-state index in [9.17, 15) is 24.3 Å². The Morgan fingerprint density at radius 2 is 1.08 bits per heavy atom. The Hall–Kier alpha value is -5.73. The minimum atomic E-state index is -1.47. The molecule has 6 rings (SSSR count). The van der Waals surface area contributed by atoms with Crippen molar-refractivity contribution in [2.75, 3.05) is 6.54 Å². The van der Waals surface area contributed by atoms with Crippen molar-refractivity contribution in [3.05, 3.63) is 167 Å². The number of benzene rings is 5. The molecule has 2 N–H and O–H groups in total. The fraction of sp³-hybridized carbons (Fsp3) is 0.227. The van der Waals surface area contributed by atoms with Crippen LogP contribution in [0, 0.1) is 23.7 Å². The average molecular weight is 730 g/mol. The summed E-state index contributed by atoms with van der Waals surface area (Å²) >= 11 is 6.15. The summed E-state index contributed by atoms with van der Waals surface area (Å²) < 4.78 is 11.1. The first kappa shape index (κ1) is 37.0. The SMILES string of the molecule is O=C(O)[C@H]1[C@H](C(=O)NCC[C@@H](Cc2ccc(Cl)cc2)c2ccc(-c3ccccc3)cc2)[C@H](C(=O)OCc2ccccc2)[C@H]1C(=O)OCc1ccccc1. The van der Waals surface area contributed by atoms with Crippen LogP contribution >= 0.6 is 11.6 Å². The zero-order valence-electron chi connectivity index (χ0n) is 29.0. The predicted molar refractivity (Wildman–Crippen MR) is 201 cm³/mol. The number of esters is 2. The van der Waals surface area contributed by atoms with Gasteiger partial charge in [0.15, 0.2) is 0 Å². The Bertz CT molecular complexity index is 1990. The lowest BCUT2D eigenvalue weighted by Gasteiger charge is -2.45. The van der Waals surface area contributed by atoms with Gasteiger partial charge in [-0.25, -0.2) is 0 Å². The molecule has 0 aliphatic heterocycles. The fourth-order valence-corrected chi connectivity index (χ4v) is 7.10. The number of carboxylic acid groups (broad SMARTS) is 1. The monoisotopic (exact) mass is 729 g/mol. The van der Waals surface area contributed by atoms with E-state index in [1.165, 1.54) is 0 Å². The molecule has 0 aromatic heterocycles. The second-order valence-electron chi connectivity index (χ2n) is 13.2. The number of amides is 1. The minimum Gasteiger partial charge on any atom is -0.481 e. The molecular weight excluding hydrogens is 690 g/mol. The number of rotatable bonds is 15. The Morgan fingerprint density at radius 3 is 1.60 bits per heavy atom. The van der Waals surface area contributed by atoms with Crippen molar-refractivity contribution in [2.45, 2.75) is 32.0 Å². The molecule has 0 unspecified atom stereocenters. The molecule has 0 saturated heterocycles. The van der Waals surface area contributed by atoms with E-state index in [-0.39, 0.29) is 25.7 Å². The molecule has 5 aromatic carbocycles. The van der Waals surface area contributed by atoms with E-state index < -0.39 is 47.5 Å². The lowest BCUT2D eigenvalue weighted by molar-refractivity contribution is -0.193. The van der Waals surface area contributed by atoms with Gasteiger partial charge in [0.2, 0.25) is 5.91 Å². The van der Waals surface area contributed by atoms with E-state index in [1.54, 1.807) is 48.5 Å². The molecule has 8 nitrogen and oxygen atoms in total. The Morgan fingerprint density at radius 1 is 0.585 bits per heavy atom. The van der Waals surface area contributed by atoms with Crippen LogP contribution in [0.2, 0.25) is 5.02 Å². The van der Waals surface area contributed by atoms with Gasteiger partial charge in [0.25, 0.3) is 0 Å². The van der Waals surface area contributed by atoms with E-state index in [2.05, 4.69) is 41.7 Å². The number of carbonyl (C=O) groups excluding carboxylic acids is 3. The van der Waals surface area contributed by atoms with Gasteiger partial charge in [0, 0.05) is 11.6 Å². The molecule has 5 atom stereocenters. The highest BCUT2D eigenvalue weighted by atomic mass is 35.5. The van der Waals surface area contributed by atoms with E-state index in [1.807, 2.05) is 54.6 Å². The first-order chi connectivity index (χ1) is 25.8. The molecule has 9 heteroatoms. The van der Waals surface area contributed by atoms with Gasteiger partial charge in [-0.2, -0.15) is 0 Å². The summed E-state index contributed by atoms with van der Waals surface area (Å²) in [5.74, 6) is -9.22. The fourth-order valence-electron chi connectivity index (χ4n) is 6.98. The Labute approximate surface area is 313 Å². The summed E-state index contributed by atoms with van der Waals surface area (Å²) in [5.41, 5.74) is 5.74. The summed E-state index contributed by atoms with van der Waals surface area (Å²) in [6.45, 7) is 0.00520. The maximum absolute atomic E-state index is 13.8. The van der Waals surface area contributed by atoms with Crippen LogP contribution in [-0.4, -0.2) is 35.5 Å².